The summed E-state index contributed by atoms with van der Waals surface area (Å²) in [6.45, 7) is 1.91. The first kappa shape index (κ1) is 14.9. The Morgan fingerprint density at radius 3 is 2.70 bits per heavy atom. The normalized spacial score (nSPS) is 11.1. The molecule has 0 atom stereocenters. The Bertz CT molecular complexity index is 848. The number of nitrogens with zero attached hydrogens (tertiary/aromatic N) is 5. The Balaban J connectivity index is 2.05. The average molecular weight is 319 g/mol. The molecule has 0 aliphatic heterocycles. The van der Waals surface area contributed by atoms with Crippen molar-refractivity contribution in [3.05, 3.63) is 42.1 Å². The Hall–Kier alpha value is -2.97. The molecule has 0 fully saturated rings. The first-order valence-corrected chi connectivity index (χ1v) is 6.72. The smallest absolute Gasteiger partial charge is 0.341 e. The third-order valence-electron chi connectivity index (χ3n) is 3.06. The lowest BCUT2D eigenvalue weighted by Gasteiger charge is -2.03. The summed E-state index contributed by atoms with van der Waals surface area (Å²) in [6.07, 6.45) is 2.58. The lowest BCUT2D eigenvalue weighted by atomic mass is 10.2. The van der Waals surface area contributed by atoms with Crippen molar-refractivity contribution in [3.63, 3.8) is 0 Å². The van der Waals surface area contributed by atoms with Gasteiger partial charge in [0, 0.05) is 24.0 Å². The first-order chi connectivity index (χ1) is 11.1. The zero-order valence-electron chi connectivity index (χ0n) is 12.0. The number of carbonyl (C=O) groups excluding carboxylic acids is 1. The third kappa shape index (κ3) is 2.72. The molecule has 0 bridgehead atoms. The van der Waals surface area contributed by atoms with Crippen LogP contribution < -0.4 is 0 Å². The largest absolute Gasteiger partial charge is 0.462 e. The molecule has 0 saturated carbocycles. The highest BCUT2D eigenvalue weighted by Gasteiger charge is 2.20. The number of carbonyl (C=O) groups is 1. The number of hydrogen-bond acceptors (Lipinski definition) is 6. The molecule has 7 nitrogen and oxygen atoms in total. The minimum absolute atomic E-state index is 0.0583. The van der Waals surface area contributed by atoms with Crippen LogP contribution in [-0.2, 0) is 4.74 Å². The van der Waals surface area contributed by atoms with Gasteiger partial charge in [-0.25, -0.2) is 23.5 Å². The van der Waals surface area contributed by atoms with Crippen molar-refractivity contribution in [2.45, 2.75) is 13.3 Å². The van der Waals surface area contributed by atoms with Gasteiger partial charge in [0.25, 0.3) is 12.4 Å². The van der Waals surface area contributed by atoms with Gasteiger partial charge >= 0.3 is 5.97 Å². The van der Waals surface area contributed by atoms with Crippen LogP contribution in [0.1, 0.15) is 29.4 Å². The quantitative estimate of drug-likeness (QED) is 0.686. The summed E-state index contributed by atoms with van der Waals surface area (Å²) in [7, 11) is 0. The molecule has 9 heteroatoms. The van der Waals surface area contributed by atoms with Gasteiger partial charge in [0.1, 0.15) is 5.69 Å². The summed E-state index contributed by atoms with van der Waals surface area (Å²) in [4.78, 5) is 23.5. The fourth-order valence-electron chi connectivity index (χ4n) is 2.05. The summed E-state index contributed by atoms with van der Waals surface area (Å²) in [5.74, 6) is -0.498. The van der Waals surface area contributed by atoms with Crippen LogP contribution in [0.5, 0.6) is 0 Å². The zero-order valence-corrected chi connectivity index (χ0v) is 12.0. The molecule has 118 valence electrons. The van der Waals surface area contributed by atoms with Gasteiger partial charge in [0.05, 0.1) is 23.9 Å². The average Bonchev–Trinajstić information content (AvgIpc) is 2.95. The lowest BCUT2D eigenvalue weighted by molar-refractivity contribution is 0.0525. The fourth-order valence-corrected chi connectivity index (χ4v) is 2.05. The van der Waals surface area contributed by atoms with Crippen molar-refractivity contribution in [2.24, 2.45) is 0 Å². The van der Waals surface area contributed by atoms with Crippen molar-refractivity contribution >= 4 is 16.9 Å². The predicted octanol–water partition coefficient (Wildman–Crippen LogP) is 2.32. The minimum atomic E-state index is -2.74. The molecular weight excluding hydrogens is 308 g/mol. The highest BCUT2D eigenvalue weighted by molar-refractivity contribution is 5.88. The van der Waals surface area contributed by atoms with Crippen LogP contribution in [0, 0.1) is 0 Å². The van der Waals surface area contributed by atoms with Crippen LogP contribution in [0.15, 0.2) is 30.9 Å². The zero-order chi connectivity index (χ0) is 16.4. The van der Waals surface area contributed by atoms with Crippen LogP contribution in [-0.4, -0.2) is 37.3 Å². The van der Waals surface area contributed by atoms with Crippen molar-refractivity contribution in [3.8, 4) is 5.95 Å². The van der Waals surface area contributed by atoms with Crippen molar-refractivity contribution in [1.82, 2.24) is 24.7 Å². The number of fused-ring (bicyclic) bond motifs is 1. The van der Waals surface area contributed by atoms with E-state index in [0.717, 1.165) is 0 Å². The predicted molar refractivity (Wildman–Crippen MR) is 75.4 cm³/mol. The Labute approximate surface area is 129 Å². The van der Waals surface area contributed by atoms with E-state index in [2.05, 4.69) is 20.1 Å². The fraction of sp³-hybridized carbons (Fsp3) is 0.214. The maximum Gasteiger partial charge on any atom is 0.341 e. The van der Waals surface area contributed by atoms with Gasteiger partial charge in [0.2, 0.25) is 0 Å². The van der Waals surface area contributed by atoms with Gasteiger partial charge in [0.15, 0.2) is 0 Å². The molecule has 3 aromatic rings. The van der Waals surface area contributed by atoms with E-state index in [1.165, 1.54) is 35.5 Å². The maximum atomic E-state index is 13.1. The first-order valence-electron chi connectivity index (χ1n) is 6.72. The number of aromatic nitrogens is 5. The second-order valence-corrected chi connectivity index (χ2v) is 4.48. The number of rotatable bonds is 4. The van der Waals surface area contributed by atoms with Gasteiger partial charge in [-0.15, -0.1) is 0 Å². The molecule has 3 aromatic heterocycles. The van der Waals surface area contributed by atoms with Crippen LogP contribution in [0.25, 0.3) is 16.9 Å². The molecule has 0 amide bonds. The molecule has 0 saturated heterocycles. The second-order valence-electron chi connectivity index (χ2n) is 4.48. The van der Waals surface area contributed by atoms with E-state index in [9.17, 15) is 13.6 Å². The van der Waals surface area contributed by atoms with E-state index in [1.54, 1.807) is 6.92 Å². The van der Waals surface area contributed by atoms with E-state index in [4.69, 9.17) is 4.74 Å². The molecule has 0 radical (unpaired) electrons. The molecule has 0 aliphatic rings. The second kappa shape index (κ2) is 6.03. The number of alkyl halides is 2. The number of esters is 1. The number of pyridine rings is 1. The Kier molecular flexibility index (Phi) is 3.92. The van der Waals surface area contributed by atoms with E-state index in [0.29, 0.717) is 5.52 Å². The van der Waals surface area contributed by atoms with Crippen LogP contribution >= 0.6 is 0 Å². The van der Waals surface area contributed by atoms with E-state index < -0.39 is 12.4 Å². The van der Waals surface area contributed by atoms with Gasteiger partial charge in [-0.1, -0.05) is 0 Å². The van der Waals surface area contributed by atoms with Gasteiger partial charge in [-0.3, -0.25) is 4.98 Å². The Morgan fingerprint density at radius 1 is 1.30 bits per heavy atom. The van der Waals surface area contributed by atoms with Crippen LogP contribution in [0.2, 0.25) is 0 Å². The molecule has 0 aromatic carbocycles. The Morgan fingerprint density at radius 2 is 2.04 bits per heavy atom. The summed E-state index contributed by atoms with van der Waals surface area (Å²) in [6, 6.07) is 1.45. The lowest BCUT2D eigenvalue weighted by Crippen LogP contribution is -2.09. The summed E-state index contributed by atoms with van der Waals surface area (Å²) in [5, 5.41) is 4.13. The highest BCUT2D eigenvalue weighted by Crippen LogP contribution is 2.27. The third-order valence-corrected chi connectivity index (χ3v) is 3.06. The van der Waals surface area contributed by atoms with E-state index >= 15 is 0 Å². The number of hydrogen-bond donors (Lipinski definition) is 0. The highest BCUT2D eigenvalue weighted by atomic mass is 19.3. The molecule has 23 heavy (non-hydrogen) atoms. The molecule has 0 N–H and O–H groups in total. The van der Waals surface area contributed by atoms with Gasteiger partial charge in [-0.2, -0.15) is 9.78 Å². The molecule has 0 unspecified atom stereocenters. The van der Waals surface area contributed by atoms with Crippen LogP contribution in [0.4, 0.5) is 8.78 Å². The molecular formula is C14H11F2N5O2. The van der Waals surface area contributed by atoms with Crippen LogP contribution in [0.3, 0.4) is 0 Å². The molecule has 0 spiro atoms. The van der Waals surface area contributed by atoms with Crippen molar-refractivity contribution < 1.29 is 18.3 Å². The molecule has 3 heterocycles. The number of halogens is 2. The SMILES string of the molecule is CCOC(=O)c1cnc(-n2nc(C(F)F)c3ccncc32)nc1. The monoisotopic (exact) mass is 319 g/mol. The van der Waals surface area contributed by atoms with Crippen molar-refractivity contribution in [1.29, 1.82) is 0 Å². The number of ether oxygens (including phenoxy) is 1. The summed E-state index contributed by atoms with van der Waals surface area (Å²) >= 11 is 0. The van der Waals surface area contributed by atoms with E-state index in [1.807, 2.05) is 0 Å². The van der Waals surface area contributed by atoms with Gasteiger partial charge in [-0.05, 0) is 13.0 Å². The van der Waals surface area contributed by atoms with E-state index in [-0.39, 0.29) is 29.2 Å². The molecule has 3 rings (SSSR count). The topological polar surface area (TPSA) is 82.8 Å². The minimum Gasteiger partial charge on any atom is -0.462 e. The standard InChI is InChI=1S/C14H11F2N5O2/c1-2-23-13(22)8-5-18-14(19-6-8)21-10-7-17-4-3-9(10)11(20-21)12(15)16/h3-7,12H,2H2,1H3. The summed E-state index contributed by atoms with van der Waals surface area (Å²) < 4.78 is 32.2. The summed E-state index contributed by atoms with van der Waals surface area (Å²) in [5.41, 5.74) is 0.145. The van der Waals surface area contributed by atoms with Gasteiger partial charge < -0.3 is 4.74 Å². The van der Waals surface area contributed by atoms with Crippen molar-refractivity contribution in [2.75, 3.05) is 6.61 Å². The molecule has 0 aliphatic carbocycles. The maximum absolute atomic E-state index is 13.1.